The Morgan fingerprint density at radius 2 is 1.96 bits per heavy atom. The topological polar surface area (TPSA) is 58.6 Å². The molecule has 1 aliphatic rings. The second-order valence-electron chi connectivity index (χ2n) is 7.37. The van der Waals surface area contributed by atoms with Crippen molar-refractivity contribution in [2.24, 2.45) is 0 Å². The molecular formula is C23H28N2O3. The Bertz CT molecular complexity index is 815. The maximum Gasteiger partial charge on any atom is 0.251 e. The van der Waals surface area contributed by atoms with Gasteiger partial charge in [-0.05, 0) is 75.1 Å². The van der Waals surface area contributed by atoms with Crippen molar-refractivity contribution in [3.8, 4) is 5.75 Å². The third-order valence-electron chi connectivity index (χ3n) is 4.71. The minimum absolute atomic E-state index is 0.0869. The van der Waals surface area contributed by atoms with Gasteiger partial charge in [-0.1, -0.05) is 12.1 Å². The van der Waals surface area contributed by atoms with Gasteiger partial charge < -0.3 is 15.0 Å². The Morgan fingerprint density at radius 3 is 2.64 bits per heavy atom. The fourth-order valence-corrected chi connectivity index (χ4v) is 3.36. The van der Waals surface area contributed by atoms with Gasteiger partial charge >= 0.3 is 0 Å². The lowest BCUT2D eigenvalue weighted by atomic mass is 10.1. The minimum Gasteiger partial charge on any atom is -0.491 e. The Kier molecular flexibility index (Phi) is 6.69. The van der Waals surface area contributed by atoms with Crippen LogP contribution in [0.4, 0.5) is 5.69 Å². The van der Waals surface area contributed by atoms with Crippen LogP contribution in [-0.2, 0) is 11.2 Å². The average molecular weight is 380 g/mol. The first-order valence-electron chi connectivity index (χ1n) is 9.97. The number of nitrogens with zero attached hydrogens (tertiary/aromatic N) is 1. The number of hydrogen-bond acceptors (Lipinski definition) is 3. The van der Waals surface area contributed by atoms with Crippen molar-refractivity contribution in [3.63, 3.8) is 0 Å². The Hall–Kier alpha value is -2.82. The molecule has 28 heavy (non-hydrogen) atoms. The fraction of sp³-hybridized carbons (Fsp3) is 0.391. The fourth-order valence-electron chi connectivity index (χ4n) is 3.36. The molecule has 0 atom stereocenters. The molecule has 0 spiro atoms. The van der Waals surface area contributed by atoms with Gasteiger partial charge in [-0.15, -0.1) is 0 Å². The van der Waals surface area contributed by atoms with Gasteiger partial charge in [0.2, 0.25) is 5.91 Å². The lowest BCUT2D eigenvalue weighted by Crippen LogP contribution is -2.26. The van der Waals surface area contributed by atoms with E-state index >= 15 is 0 Å². The Morgan fingerprint density at radius 1 is 1.18 bits per heavy atom. The molecule has 5 heteroatoms. The predicted molar refractivity (Wildman–Crippen MR) is 111 cm³/mol. The highest BCUT2D eigenvalue weighted by Gasteiger charge is 2.21. The predicted octanol–water partition coefficient (Wildman–Crippen LogP) is 3.96. The highest BCUT2D eigenvalue weighted by molar-refractivity contribution is 5.97. The number of amides is 2. The number of nitrogens with one attached hydrogen (secondary N) is 1. The quantitative estimate of drug-likeness (QED) is 0.705. The third kappa shape index (κ3) is 5.35. The molecule has 2 amide bonds. The molecule has 2 aromatic rings. The molecule has 0 aliphatic carbocycles. The zero-order valence-corrected chi connectivity index (χ0v) is 16.6. The van der Waals surface area contributed by atoms with Crippen molar-refractivity contribution in [3.05, 3.63) is 59.7 Å². The highest BCUT2D eigenvalue weighted by atomic mass is 16.5. The van der Waals surface area contributed by atoms with Gasteiger partial charge in [0.05, 0.1) is 6.10 Å². The molecule has 0 aromatic heterocycles. The van der Waals surface area contributed by atoms with E-state index in [4.69, 9.17) is 4.74 Å². The van der Waals surface area contributed by atoms with E-state index in [1.54, 1.807) is 17.0 Å². The molecule has 1 aliphatic heterocycles. The standard InChI is InChI=1S/C23H28N2O3/c1-17(2)28-21-8-3-6-18(16-21)7-4-14-24-23(27)19-10-12-20(13-11-19)25-15-5-9-22(25)26/h3,6,8,10-13,16-17H,4-5,7,9,14-15H2,1-2H3,(H,24,27). The highest BCUT2D eigenvalue weighted by Crippen LogP contribution is 2.21. The van der Waals surface area contributed by atoms with E-state index in [-0.39, 0.29) is 17.9 Å². The average Bonchev–Trinajstić information content (AvgIpc) is 3.11. The minimum atomic E-state index is -0.0869. The Balaban J connectivity index is 1.45. The van der Waals surface area contributed by atoms with Gasteiger partial charge in [-0.3, -0.25) is 9.59 Å². The summed E-state index contributed by atoms with van der Waals surface area (Å²) in [6, 6.07) is 15.3. The van der Waals surface area contributed by atoms with E-state index in [9.17, 15) is 9.59 Å². The molecule has 1 fully saturated rings. The van der Waals surface area contributed by atoms with Crippen LogP contribution < -0.4 is 15.0 Å². The summed E-state index contributed by atoms with van der Waals surface area (Å²) in [7, 11) is 0. The molecule has 2 aromatic carbocycles. The molecule has 0 unspecified atom stereocenters. The third-order valence-corrected chi connectivity index (χ3v) is 4.71. The van der Waals surface area contributed by atoms with Gasteiger partial charge in [-0.2, -0.15) is 0 Å². The second-order valence-corrected chi connectivity index (χ2v) is 7.37. The van der Waals surface area contributed by atoms with Crippen molar-refractivity contribution in [1.82, 2.24) is 5.32 Å². The first kappa shape index (κ1) is 19.9. The lowest BCUT2D eigenvalue weighted by Gasteiger charge is -2.15. The van der Waals surface area contributed by atoms with Gasteiger partial charge in [0.25, 0.3) is 5.91 Å². The zero-order chi connectivity index (χ0) is 19.9. The molecular weight excluding hydrogens is 352 g/mol. The van der Waals surface area contributed by atoms with Crippen molar-refractivity contribution in [2.75, 3.05) is 18.0 Å². The normalized spacial score (nSPS) is 13.8. The monoisotopic (exact) mass is 380 g/mol. The largest absolute Gasteiger partial charge is 0.491 e. The summed E-state index contributed by atoms with van der Waals surface area (Å²) in [5.41, 5.74) is 2.68. The van der Waals surface area contributed by atoms with Crippen molar-refractivity contribution < 1.29 is 14.3 Å². The first-order chi connectivity index (χ1) is 13.5. The SMILES string of the molecule is CC(C)Oc1cccc(CCCNC(=O)c2ccc(N3CCCC3=O)cc2)c1. The number of carbonyl (C=O) groups excluding carboxylic acids is 2. The van der Waals surface area contributed by atoms with Gasteiger partial charge in [-0.25, -0.2) is 0 Å². The lowest BCUT2D eigenvalue weighted by molar-refractivity contribution is -0.117. The molecule has 148 valence electrons. The molecule has 0 bridgehead atoms. The molecule has 1 saturated heterocycles. The van der Waals surface area contributed by atoms with E-state index in [0.717, 1.165) is 37.2 Å². The van der Waals surface area contributed by atoms with Gasteiger partial charge in [0, 0.05) is 30.8 Å². The van der Waals surface area contributed by atoms with Crippen LogP contribution in [0, 0.1) is 0 Å². The number of anilines is 1. The summed E-state index contributed by atoms with van der Waals surface area (Å²) in [6.45, 7) is 5.39. The summed E-state index contributed by atoms with van der Waals surface area (Å²) in [6.07, 6.45) is 3.40. The molecule has 0 radical (unpaired) electrons. The van der Waals surface area contributed by atoms with Crippen LogP contribution in [0.1, 0.15) is 49.0 Å². The molecule has 3 rings (SSSR count). The van der Waals surface area contributed by atoms with E-state index in [2.05, 4.69) is 17.4 Å². The number of hydrogen-bond donors (Lipinski definition) is 1. The van der Waals surface area contributed by atoms with E-state index in [0.29, 0.717) is 18.5 Å². The van der Waals surface area contributed by atoms with E-state index in [1.165, 1.54) is 5.56 Å². The van der Waals surface area contributed by atoms with E-state index < -0.39 is 0 Å². The number of aryl methyl sites for hydroxylation is 1. The van der Waals surface area contributed by atoms with E-state index in [1.807, 2.05) is 38.1 Å². The molecule has 0 saturated carbocycles. The summed E-state index contributed by atoms with van der Waals surface area (Å²) < 4.78 is 5.72. The maximum atomic E-state index is 12.3. The number of ether oxygens (including phenoxy) is 1. The van der Waals surface area contributed by atoms with Crippen molar-refractivity contribution in [1.29, 1.82) is 0 Å². The number of benzene rings is 2. The zero-order valence-electron chi connectivity index (χ0n) is 16.6. The Labute approximate surface area is 166 Å². The molecule has 1 N–H and O–H groups in total. The van der Waals surface area contributed by atoms with Gasteiger partial charge in [0.1, 0.15) is 5.75 Å². The summed E-state index contributed by atoms with van der Waals surface area (Å²) in [5.74, 6) is 0.948. The maximum absolute atomic E-state index is 12.3. The van der Waals surface area contributed by atoms with Crippen LogP contribution in [0.2, 0.25) is 0 Å². The van der Waals surface area contributed by atoms with Crippen LogP contribution in [-0.4, -0.2) is 31.0 Å². The summed E-state index contributed by atoms with van der Waals surface area (Å²) in [4.78, 5) is 25.9. The van der Waals surface area contributed by atoms with Crippen molar-refractivity contribution >= 4 is 17.5 Å². The van der Waals surface area contributed by atoms with Crippen molar-refractivity contribution in [2.45, 2.75) is 45.6 Å². The van der Waals surface area contributed by atoms with Crippen LogP contribution in [0.25, 0.3) is 0 Å². The smallest absolute Gasteiger partial charge is 0.251 e. The van der Waals surface area contributed by atoms with Crippen LogP contribution >= 0.6 is 0 Å². The van der Waals surface area contributed by atoms with Crippen LogP contribution in [0.3, 0.4) is 0 Å². The van der Waals surface area contributed by atoms with Crippen LogP contribution in [0.5, 0.6) is 5.75 Å². The number of carbonyl (C=O) groups is 2. The summed E-state index contributed by atoms with van der Waals surface area (Å²) >= 11 is 0. The molecule has 5 nitrogen and oxygen atoms in total. The molecule has 1 heterocycles. The van der Waals surface area contributed by atoms with Crippen LogP contribution in [0.15, 0.2) is 48.5 Å². The second kappa shape index (κ2) is 9.40. The summed E-state index contributed by atoms with van der Waals surface area (Å²) in [5, 5.41) is 2.96. The first-order valence-corrected chi connectivity index (χ1v) is 9.97. The number of rotatable bonds is 8. The van der Waals surface area contributed by atoms with Gasteiger partial charge in [0.15, 0.2) is 0 Å².